The quantitative estimate of drug-likeness (QED) is 0.931. The fourth-order valence-corrected chi connectivity index (χ4v) is 2.15. The summed E-state index contributed by atoms with van der Waals surface area (Å²) in [6.45, 7) is 4.85. The van der Waals surface area contributed by atoms with E-state index >= 15 is 0 Å². The van der Waals surface area contributed by atoms with Crippen molar-refractivity contribution in [1.29, 1.82) is 0 Å². The van der Waals surface area contributed by atoms with Gasteiger partial charge in [-0.2, -0.15) is 0 Å². The Balaban J connectivity index is 2.36. The van der Waals surface area contributed by atoms with Crippen LogP contribution in [0.2, 0.25) is 5.02 Å². The molecule has 0 saturated carbocycles. The van der Waals surface area contributed by atoms with Crippen molar-refractivity contribution in [3.05, 3.63) is 40.9 Å². The average Bonchev–Trinajstić information content (AvgIpc) is 2.93. The minimum atomic E-state index is -0.673. The summed E-state index contributed by atoms with van der Waals surface area (Å²) in [6, 6.07) is 5.17. The number of nitrogens with zero attached hydrogens (tertiary/aromatic N) is 1. The Labute approximate surface area is 126 Å². The first-order chi connectivity index (χ1) is 9.97. The van der Waals surface area contributed by atoms with Crippen molar-refractivity contribution >= 4 is 17.5 Å². The van der Waals surface area contributed by atoms with E-state index in [1.165, 1.54) is 18.2 Å². The van der Waals surface area contributed by atoms with Crippen LogP contribution in [0.4, 0.5) is 4.39 Å². The molecular formula is C15H15ClFNO3. The topological polar surface area (TPSA) is 53.7 Å². The Kier molecular flexibility index (Phi) is 4.53. The second kappa shape index (κ2) is 6.18. The van der Waals surface area contributed by atoms with Crippen LogP contribution in [0.3, 0.4) is 0 Å². The van der Waals surface area contributed by atoms with Crippen LogP contribution >= 0.6 is 11.6 Å². The minimum absolute atomic E-state index is 0.0134. The van der Waals surface area contributed by atoms with Gasteiger partial charge >= 0.3 is 0 Å². The fraction of sp³-hybridized carbons (Fsp3) is 0.267. The number of phenols is 1. The zero-order chi connectivity index (χ0) is 15.6. The third-order valence-corrected chi connectivity index (χ3v) is 3.47. The number of carbonyl (C=O) groups is 1. The van der Waals surface area contributed by atoms with Crippen LogP contribution < -0.4 is 0 Å². The van der Waals surface area contributed by atoms with E-state index in [-0.39, 0.29) is 33.8 Å². The lowest BCUT2D eigenvalue weighted by molar-refractivity contribution is 0.0742. The molecule has 0 atom stereocenters. The van der Waals surface area contributed by atoms with Gasteiger partial charge in [-0.1, -0.05) is 11.6 Å². The summed E-state index contributed by atoms with van der Waals surface area (Å²) in [4.78, 5) is 13.7. The molecule has 2 rings (SSSR count). The maximum Gasteiger partial charge on any atom is 0.289 e. The molecule has 1 N–H and O–H groups in total. The predicted molar refractivity (Wildman–Crippen MR) is 78.0 cm³/mol. The zero-order valence-corrected chi connectivity index (χ0v) is 12.4. The number of rotatable bonds is 4. The van der Waals surface area contributed by atoms with Gasteiger partial charge in [-0.3, -0.25) is 4.79 Å². The summed E-state index contributed by atoms with van der Waals surface area (Å²) in [5.41, 5.74) is 0.0939. The standard InChI is InChI=1S/C15H15ClFNO3/c1-3-18(4-2)15(20)14-6-5-13(21-14)9-7-10(16)12(19)8-11(9)17/h5-8,19H,3-4H2,1-2H3. The van der Waals surface area contributed by atoms with Gasteiger partial charge in [-0.15, -0.1) is 0 Å². The molecule has 1 aromatic heterocycles. The first-order valence-electron chi connectivity index (χ1n) is 6.55. The lowest BCUT2D eigenvalue weighted by Crippen LogP contribution is -2.30. The molecule has 1 heterocycles. The summed E-state index contributed by atoms with van der Waals surface area (Å²) in [5, 5.41) is 9.35. The molecule has 4 nitrogen and oxygen atoms in total. The van der Waals surface area contributed by atoms with Crippen molar-refractivity contribution in [3.8, 4) is 17.1 Å². The van der Waals surface area contributed by atoms with Crippen molar-refractivity contribution < 1.29 is 18.7 Å². The van der Waals surface area contributed by atoms with Crippen LogP contribution in [0.5, 0.6) is 5.75 Å². The van der Waals surface area contributed by atoms with Gasteiger partial charge in [0.15, 0.2) is 5.76 Å². The van der Waals surface area contributed by atoms with Crippen molar-refractivity contribution in [2.75, 3.05) is 13.1 Å². The SMILES string of the molecule is CCN(CC)C(=O)c1ccc(-c2cc(Cl)c(O)cc2F)o1. The van der Waals surface area contributed by atoms with Gasteiger partial charge in [0.05, 0.1) is 10.6 Å². The van der Waals surface area contributed by atoms with Crippen LogP contribution in [-0.2, 0) is 0 Å². The molecule has 0 unspecified atom stereocenters. The average molecular weight is 312 g/mol. The molecule has 112 valence electrons. The van der Waals surface area contributed by atoms with E-state index in [1.807, 2.05) is 13.8 Å². The molecule has 0 bridgehead atoms. The molecule has 1 aromatic carbocycles. The Morgan fingerprint density at radius 3 is 2.62 bits per heavy atom. The Morgan fingerprint density at radius 1 is 1.33 bits per heavy atom. The highest BCUT2D eigenvalue weighted by Crippen LogP contribution is 2.33. The maximum atomic E-state index is 13.8. The van der Waals surface area contributed by atoms with E-state index in [0.29, 0.717) is 13.1 Å². The van der Waals surface area contributed by atoms with Gasteiger partial charge in [-0.05, 0) is 32.0 Å². The molecule has 21 heavy (non-hydrogen) atoms. The Bertz CT molecular complexity index is 665. The molecule has 0 aliphatic carbocycles. The molecule has 1 amide bonds. The highest BCUT2D eigenvalue weighted by atomic mass is 35.5. The van der Waals surface area contributed by atoms with Crippen LogP contribution in [-0.4, -0.2) is 29.0 Å². The number of benzene rings is 1. The summed E-state index contributed by atoms with van der Waals surface area (Å²) in [5.74, 6) is -0.948. The smallest absolute Gasteiger partial charge is 0.289 e. The van der Waals surface area contributed by atoms with Crippen molar-refractivity contribution in [1.82, 2.24) is 4.90 Å². The van der Waals surface area contributed by atoms with E-state index in [9.17, 15) is 14.3 Å². The second-order valence-electron chi connectivity index (χ2n) is 4.42. The van der Waals surface area contributed by atoms with Gasteiger partial charge in [0, 0.05) is 19.2 Å². The van der Waals surface area contributed by atoms with Gasteiger partial charge in [0.25, 0.3) is 5.91 Å². The van der Waals surface area contributed by atoms with Crippen LogP contribution in [0.25, 0.3) is 11.3 Å². The third kappa shape index (κ3) is 3.03. The number of carbonyl (C=O) groups excluding carboxylic acids is 1. The number of phenolic OH excluding ortho intramolecular Hbond substituents is 1. The number of hydrogen-bond acceptors (Lipinski definition) is 3. The number of amides is 1. The second-order valence-corrected chi connectivity index (χ2v) is 4.83. The summed E-state index contributed by atoms with van der Waals surface area (Å²) in [7, 11) is 0. The van der Waals surface area contributed by atoms with Crippen LogP contribution in [0, 0.1) is 5.82 Å². The molecule has 6 heteroatoms. The third-order valence-electron chi connectivity index (χ3n) is 3.17. The minimum Gasteiger partial charge on any atom is -0.506 e. The van der Waals surface area contributed by atoms with Crippen molar-refractivity contribution in [2.24, 2.45) is 0 Å². The van der Waals surface area contributed by atoms with Crippen LogP contribution in [0.1, 0.15) is 24.4 Å². The van der Waals surface area contributed by atoms with Gasteiger partial charge < -0.3 is 14.4 Å². The number of halogens is 2. The molecule has 0 radical (unpaired) electrons. The van der Waals surface area contributed by atoms with E-state index in [1.54, 1.807) is 4.90 Å². The molecule has 0 saturated heterocycles. The normalized spacial score (nSPS) is 10.7. The number of furan rings is 1. The van der Waals surface area contributed by atoms with Crippen molar-refractivity contribution in [2.45, 2.75) is 13.8 Å². The largest absolute Gasteiger partial charge is 0.506 e. The molecule has 0 aliphatic heterocycles. The number of hydrogen-bond donors (Lipinski definition) is 1. The predicted octanol–water partition coefficient (Wildman–Crippen LogP) is 3.93. The summed E-state index contributed by atoms with van der Waals surface area (Å²) < 4.78 is 19.3. The van der Waals surface area contributed by atoms with Gasteiger partial charge in [0.1, 0.15) is 17.3 Å². The zero-order valence-electron chi connectivity index (χ0n) is 11.7. The van der Waals surface area contributed by atoms with Crippen LogP contribution in [0.15, 0.2) is 28.7 Å². The summed E-state index contributed by atoms with van der Waals surface area (Å²) >= 11 is 5.77. The fourth-order valence-electron chi connectivity index (χ4n) is 1.99. The first-order valence-corrected chi connectivity index (χ1v) is 6.93. The first kappa shape index (κ1) is 15.4. The van der Waals surface area contributed by atoms with E-state index in [0.717, 1.165) is 6.07 Å². The summed E-state index contributed by atoms with van der Waals surface area (Å²) in [6.07, 6.45) is 0. The molecule has 0 fully saturated rings. The highest BCUT2D eigenvalue weighted by Gasteiger charge is 2.19. The molecule has 0 aliphatic rings. The number of aromatic hydroxyl groups is 1. The lowest BCUT2D eigenvalue weighted by atomic mass is 10.1. The lowest BCUT2D eigenvalue weighted by Gasteiger charge is -2.16. The molecule has 0 spiro atoms. The Hall–Kier alpha value is -2.01. The monoisotopic (exact) mass is 311 g/mol. The van der Waals surface area contributed by atoms with E-state index in [4.69, 9.17) is 16.0 Å². The maximum absolute atomic E-state index is 13.8. The molecular weight excluding hydrogens is 297 g/mol. The van der Waals surface area contributed by atoms with Crippen molar-refractivity contribution in [3.63, 3.8) is 0 Å². The van der Waals surface area contributed by atoms with E-state index in [2.05, 4.69) is 0 Å². The highest BCUT2D eigenvalue weighted by molar-refractivity contribution is 6.32. The molecule has 2 aromatic rings. The van der Waals surface area contributed by atoms with E-state index < -0.39 is 5.82 Å². The van der Waals surface area contributed by atoms with Gasteiger partial charge in [-0.25, -0.2) is 4.39 Å². The Morgan fingerprint density at radius 2 is 2.00 bits per heavy atom. The van der Waals surface area contributed by atoms with Gasteiger partial charge in [0.2, 0.25) is 0 Å².